The fraction of sp³-hybridized carbons (Fsp3) is 0.913. The van der Waals surface area contributed by atoms with Crippen molar-refractivity contribution >= 4 is 0 Å². The second-order valence-electron chi connectivity index (χ2n) is 7.57. The van der Waals surface area contributed by atoms with Crippen LogP contribution in [0.4, 0.5) is 0 Å². The molecule has 0 aromatic carbocycles. The van der Waals surface area contributed by atoms with E-state index in [0.29, 0.717) is 0 Å². The van der Waals surface area contributed by atoms with Crippen LogP contribution >= 0.6 is 0 Å². The van der Waals surface area contributed by atoms with Crippen LogP contribution in [0, 0.1) is 11.8 Å². The van der Waals surface area contributed by atoms with E-state index in [9.17, 15) is 0 Å². The molecule has 0 aliphatic rings. The van der Waals surface area contributed by atoms with Gasteiger partial charge in [-0.15, -0.1) is 0 Å². The zero-order valence-corrected chi connectivity index (χ0v) is 16.9. The predicted octanol–water partition coefficient (Wildman–Crippen LogP) is 8.71. The van der Waals surface area contributed by atoms with Crippen molar-refractivity contribution in [2.45, 2.75) is 124 Å². The molecule has 2 unspecified atom stereocenters. The molecule has 0 aromatic heterocycles. The molecular weight excluding hydrogens is 276 g/mol. The van der Waals surface area contributed by atoms with Gasteiger partial charge in [0, 0.05) is 0 Å². The average Bonchev–Trinajstić information content (AvgIpc) is 2.56. The highest BCUT2D eigenvalue weighted by atomic mass is 14.1. The lowest BCUT2D eigenvalue weighted by Gasteiger charge is -2.15. The molecule has 0 radical (unpaired) electrons. The minimum Gasteiger partial charge on any atom is -0.0885 e. The second-order valence-corrected chi connectivity index (χ2v) is 7.57. The van der Waals surface area contributed by atoms with Crippen LogP contribution in [-0.4, -0.2) is 0 Å². The number of allylic oxidation sites excluding steroid dienone is 2. The van der Waals surface area contributed by atoms with E-state index < -0.39 is 0 Å². The third-order valence-corrected chi connectivity index (χ3v) is 5.22. The van der Waals surface area contributed by atoms with E-state index in [1.165, 1.54) is 96.3 Å². The summed E-state index contributed by atoms with van der Waals surface area (Å²) in [7, 11) is 0. The Morgan fingerprint density at radius 1 is 0.478 bits per heavy atom. The second kappa shape index (κ2) is 18.1. The summed E-state index contributed by atoms with van der Waals surface area (Å²) in [5.74, 6) is 1.98. The van der Waals surface area contributed by atoms with Gasteiger partial charge >= 0.3 is 0 Å². The standard InChI is InChI=1S/C23H46/c1-5-9-18-22(16-7-3)20-14-12-11-13-15-21-23(17-8-4)19-10-6-2/h11-12,22-23H,5-10,13-21H2,1-4H3/b12-11-. The fourth-order valence-corrected chi connectivity index (χ4v) is 3.76. The molecule has 0 aliphatic heterocycles. The lowest BCUT2D eigenvalue weighted by Crippen LogP contribution is -2.00. The van der Waals surface area contributed by atoms with Crippen LogP contribution in [0.25, 0.3) is 0 Å². The van der Waals surface area contributed by atoms with Gasteiger partial charge in [0.15, 0.2) is 0 Å². The first-order valence-electron chi connectivity index (χ1n) is 10.9. The largest absolute Gasteiger partial charge is 0.0885 e. The van der Waals surface area contributed by atoms with Gasteiger partial charge in [-0.1, -0.05) is 110 Å². The van der Waals surface area contributed by atoms with Crippen LogP contribution in [-0.2, 0) is 0 Å². The van der Waals surface area contributed by atoms with Gasteiger partial charge < -0.3 is 0 Å². The van der Waals surface area contributed by atoms with E-state index in [4.69, 9.17) is 0 Å². The van der Waals surface area contributed by atoms with Gasteiger partial charge in [0.2, 0.25) is 0 Å². The molecule has 0 saturated heterocycles. The van der Waals surface area contributed by atoms with Crippen molar-refractivity contribution in [3.8, 4) is 0 Å². The van der Waals surface area contributed by atoms with Gasteiger partial charge in [0.25, 0.3) is 0 Å². The van der Waals surface area contributed by atoms with Gasteiger partial charge in [-0.3, -0.25) is 0 Å². The highest BCUT2D eigenvalue weighted by Crippen LogP contribution is 2.22. The molecule has 138 valence electrons. The van der Waals surface area contributed by atoms with Crippen molar-refractivity contribution in [3.05, 3.63) is 12.2 Å². The van der Waals surface area contributed by atoms with Gasteiger partial charge in [0.05, 0.1) is 0 Å². The zero-order chi connectivity index (χ0) is 17.2. The summed E-state index contributed by atoms with van der Waals surface area (Å²) in [5.41, 5.74) is 0. The van der Waals surface area contributed by atoms with Crippen molar-refractivity contribution in [3.63, 3.8) is 0 Å². The summed E-state index contributed by atoms with van der Waals surface area (Å²) in [6, 6.07) is 0. The normalized spacial score (nSPS) is 14.4. The van der Waals surface area contributed by atoms with Crippen LogP contribution in [0.1, 0.15) is 124 Å². The maximum absolute atomic E-state index is 2.47. The molecule has 0 amide bonds. The Balaban J connectivity index is 3.74. The predicted molar refractivity (Wildman–Crippen MR) is 108 cm³/mol. The SMILES string of the molecule is CCCCC(CCC)CC/C=C\CCCC(CCC)CCCC. The Labute approximate surface area is 148 Å². The van der Waals surface area contributed by atoms with E-state index in [2.05, 4.69) is 39.8 Å². The molecule has 0 saturated carbocycles. The highest BCUT2D eigenvalue weighted by molar-refractivity contribution is 4.82. The molecule has 0 nitrogen and oxygen atoms in total. The lowest BCUT2D eigenvalue weighted by atomic mass is 9.91. The Morgan fingerprint density at radius 2 is 0.957 bits per heavy atom. The summed E-state index contributed by atoms with van der Waals surface area (Å²) < 4.78 is 0. The first-order chi connectivity index (χ1) is 11.3. The van der Waals surface area contributed by atoms with Crippen LogP contribution in [0.2, 0.25) is 0 Å². The quantitative estimate of drug-likeness (QED) is 0.185. The lowest BCUT2D eigenvalue weighted by molar-refractivity contribution is 0.392. The van der Waals surface area contributed by atoms with Crippen LogP contribution in [0.3, 0.4) is 0 Å². The Kier molecular flexibility index (Phi) is 17.9. The number of hydrogen-bond donors (Lipinski definition) is 0. The first kappa shape index (κ1) is 22.7. The van der Waals surface area contributed by atoms with Crippen molar-refractivity contribution in [1.82, 2.24) is 0 Å². The topological polar surface area (TPSA) is 0 Å². The first-order valence-corrected chi connectivity index (χ1v) is 10.9. The van der Waals surface area contributed by atoms with E-state index in [-0.39, 0.29) is 0 Å². The van der Waals surface area contributed by atoms with Gasteiger partial charge in [-0.2, -0.15) is 0 Å². The smallest absolute Gasteiger partial charge is 0.0348 e. The maximum atomic E-state index is 2.47. The van der Waals surface area contributed by atoms with E-state index in [1.807, 2.05) is 0 Å². The monoisotopic (exact) mass is 322 g/mol. The third kappa shape index (κ3) is 15.0. The molecule has 0 aromatic rings. The third-order valence-electron chi connectivity index (χ3n) is 5.22. The molecule has 0 spiro atoms. The molecule has 23 heavy (non-hydrogen) atoms. The van der Waals surface area contributed by atoms with Gasteiger partial charge in [0.1, 0.15) is 0 Å². The number of rotatable bonds is 17. The van der Waals surface area contributed by atoms with E-state index in [0.717, 1.165) is 11.8 Å². The van der Waals surface area contributed by atoms with Gasteiger partial charge in [-0.05, 0) is 37.5 Å². The van der Waals surface area contributed by atoms with Crippen molar-refractivity contribution in [1.29, 1.82) is 0 Å². The molecule has 0 fully saturated rings. The average molecular weight is 323 g/mol. The Hall–Kier alpha value is -0.260. The molecule has 0 N–H and O–H groups in total. The minimum atomic E-state index is 0.979. The zero-order valence-electron chi connectivity index (χ0n) is 16.9. The number of hydrogen-bond acceptors (Lipinski definition) is 0. The maximum Gasteiger partial charge on any atom is -0.0348 e. The summed E-state index contributed by atoms with van der Waals surface area (Å²) in [4.78, 5) is 0. The molecule has 0 heteroatoms. The van der Waals surface area contributed by atoms with Crippen LogP contribution < -0.4 is 0 Å². The van der Waals surface area contributed by atoms with Crippen molar-refractivity contribution < 1.29 is 0 Å². The van der Waals surface area contributed by atoms with Crippen molar-refractivity contribution in [2.24, 2.45) is 11.8 Å². The Morgan fingerprint density at radius 3 is 1.48 bits per heavy atom. The van der Waals surface area contributed by atoms with Gasteiger partial charge in [-0.25, -0.2) is 0 Å². The molecular formula is C23H46. The van der Waals surface area contributed by atoms with E-state index >= 15 is 0 Å². The fourth-order valence-electron chi connectivity index (χ4n) is 3.76. The van der Waals surface area contributed by atoms with Crippen LogP contribution in [0.5, 0.6) is 0 Å². The molecule has 2 atom stereocenters. The highest BCUT2D eigenvalue weighted by Gasteiger charge is 2.07. The molecule has 0 bridgehead atoms. The summed E-state index contributed by atoms with van der Waals surface area (Å²) in [6.45, 7) is 9.30. The Bertz CT molecular complexity index is 240. The molecule has 0 heterocycles. The summed E-state index contributed by atoms with van der Waals surface area (Å²) in [5, 5.41) is 0. The number of unbranched alkanes of at least 4 members (excludes halogenated alkanes) is 3. The van der Waals surface area contributed by atoms with E-state index in [1.54, 1.807) is 0 Å². The minimum absolute atomic E-state index is 0.979. The van der Waals surface area contributed by atoms with Crippen LogP contribution in [0.15, 0.2) is 12.2 Å². The molecule has 0 rings (SSSR count). The summed E-state index contributed by atoms with van der Waals surface area (Å²) >= 11 is 0. The molecule has 0 aliphatic carbocycles. The van der Waals surface area contributed by atoms with Crippen molar-refractivity contribution in [2.75, 3.05) is 0 Å². The summed E-state index contributed by atoms with van der Waals surface area (Å²) in [6.07, 6.45) is 25.9.